The molecule has 0 spiro atoms. The third-order valence-electron chi connectivity index (χ3n) is 2.42. The van der Waals surface area contributed by atoms with Gasteiger partial charge in [-0.05, 0) is 26.2 Å². The Balaban J connectivity index is 4.82. The van der Waals surface area contributed by atoms with Crippen LogP contribution in [0.3, 0.4) is 0 Å². The Kier molecular flexibility index (Phi) is 7.63. The molecule has 0 rings (SSSR count). The smallest absolute Gasteiger partial charge is 0.195 e. The Labute approximate surface area is 111 Å². The molecular formula is C11H25ClN2O2S. The topological polar surface area (TPSA) is 40.6 Å². The predicted molar refractivity (Wildman–Crippen MR) is 73.6 cm³/mol. The van der Waals surface area contributed by atoms with Crippen LogP contribution in [0.15, 0.2) is 0 Å². The van der Waals surface area contributed by atoms with Gasteiger partial charge in [0.15, 0.2) is 0 Å². The fourth-order valence-electron chi connectivity index (χ4n) is 1.51. The average molecular weight is 285 g/mol. The van der Waals surface area contributed by atoms with Crippen LogP contribution in [0.5, 0.6) is 0 Å². The number of halogens is 1. The summed E-state index contributed by atoms with van der Waals surface area (Å²) in [7, 11) is -1.75. The normalized spacial score (nSPS) is 13.3. The summed E-state index contributed by atoms with van der Waals surface area (Å²) in [5.74, 6) is 0.791. The lowest BCUT2D eigenvalue weighted by atomic mass is 10.2. The van der Waals surface area contributed by atoms with Crippen molar-refractivity contribution in [3.05, 3.63) is 0 Å². The van der Waals surface area contributed by atoms with Crippen LogP contribution < -0.4 is 0 Å². The average Bonchev–Trinajstić information content (AvgIpc) is 2.21. The van der Waals surface area contributed by atoms with E-state index in [2.05, 4.69) is 0 Å². The van der Waals surface area contributed by atoms with E-state index < -0.39 is 10.2 Å². The van der Waals surface area contributed by atoms with Gasteiger partial charge in [0.2, 0.25) is 0 Å². The summed E-state index contributed by atoms with van der Waals surface area (Å²) in [5, 5.41) is 0. The van der Waals surface area contributed by atoms with E-state index >= 15 is 0 Å². The number of hydrogen-bond acceptors (Lipinski definition) is 2. The molecule has 17 heavy (non-hydrogen) atoms. The van der Waals surface area contributed by atoms with Gasteiger partial charge in [-0.3, -0.25) is 0 Å². The van der Waals surface area contributed by atoms with Gasteiger partial charge in [0.25, 0.3) is 10.2 Å². The molecule has 6 heteroatoms. The monoisotopic (exact) mass is 284 g/mol. The van der Waals surface area contributed by atoms with Crippen molar-refractivity contribution in [2.75, 3.05) is 26.0 Å². The quantitative estimate of drug-likeness (QED) is 0.641. The van der Waals surface area contributed by atoms with Crippen molar-refractivity contribution >= 4 is 21.8 Å². The van der Waals surface area contributed by atoms with Crippen LogP contribution in [0.25, 0.3) is 0 Å². The van der Waals surface area contributed by atoms with Gasteiger partial charge in [-0.15, -0.1) is 11.6 Å². The Bertz CT molecular complexity index is 305. The van der Waals surface area contributed by atoms with Crippen molar-refractivity contribution < 1.29 is 8.42 Å². The summed E-state index contributed by atoms with van der Waals surface area (Å²) >= 11 is 5.59. The molecule has 0 fully saturated rings. The van der Waals surface area contributed by atoms with E-state index in [1.165, 1.54) is 4.31 Å². The Morgan fingerprint density at radius 3 is 2.06 bits per heavy atom. The highest BCUT2D eigenvalue weighted by atomic mass is 35.5. The van der Waals surface area contributed by atoms with Gasteiger partial charge in [0.1, 0.15) is 0 Å². The molecule has 0 aromatic heterocycles. The zero-order valence-corrected chi connectivity index (χ0v) is 13.1. The standard InChI is InChI=1S/C11H25ClN2O2S/c1-10(2)9-14(11(3)4)17(15,16)13(5)8-6-7-12/h10-11H,6-9H2,1-5H3. The summed E-state index contributed by atoms with van der Waals surface area (Å²) < 4.78 is 27.6. The molecule has 0 aliphatic rings. The van der Waals surface area contributed by atoms with E-state index in [9.17, 15) is 8.42 Å². The van der Waals surface area contributed by atoms with Crippen LogP contribution in [-0.4, -0.2) is 49.1 Å². The first-order valence-corrected chi connectivity index (χ1v) is 7.95. The minimum atomic E-state index is -3.36. The minimum absolute atomic E-state index is 0.0270. The molecule has 0 saturated carbocycles. The maximum atomic E-state index is 12.3. The minimum Gasteiger partial charge on any atom is -0.195 e. The molecule has 0 atom stereocenters. The third kappa shape index (κ3) is 5.55. The summed E-state index contributed by atoms with van der Waals surface area (Å²) in [5.41, 5.74) is 0. The van der Waals surface area contributed by atoms with Gasteiger partial charge >= 0.3 is 0 Å². The molecule has 104 valence electrons. The SMILES string of the molecule is CC(C)CN(C(C)C)S(=O)(=O)N(C)CCCCl. The number of nitrogens with zero attached hydrogens (tertiary/aromatic N) is 2. The maximum Gasteiger partial charge on any atom is 0.281 e. The molecule has 4 nitrogen and oxygen atoms in total. The van der Waals surface area contributed by atoms with Crippen molar-refractivity contribution in [3.8, 4) is 0 Å². The fraction of sp³-hybridized carbons (Fsp3) is 1.00. The maximum absolute atomic E-state index is 12.3. The molecule has 0 saturated heterocycles. The summed E-state index contributed by atoms with van der Waals surface area (Å²) in [4.78, 5) is 0. The predicted octanol–water partition coefficient (Wildman–Crippen LogP) is 2.16. The zero-order valence-electron chi connectivity index (χ0n) is 11.5. The van der Waals surface area contributed by atoms with E-state index in [0.29, 0.717) is 31.3 Å². The van der Waals surface area contributed by atoms with E-state index in [-0.39, 0.29) is 6.04 Å². The van der Waals surface area contributed by atoms with Crippen LogP contribution in [0, 0.1) is 5.92 Å². The van der Waals surface area contributed by atoms with Crippen molar-refractivity contribution in [1.29, 1.82) is 0 Å². The highest BCUT2D eigenvalue weighted by Gasteiger charge is 2.29. The summed E-state index contributed by atoms with van der Waals surface area (Å²) in [6, 6.07) is -0.0270. The van der Waals surface area contributed by atoms with Crippen molar-refractivity contribution in [3.63, 3.8) is 0 Å². The number of rotatable bonds is 8. The van der Waals surface area contributed by atoms with Crippen molar-refractivity contribution in [1.82, 2.24) is 8.61 Å². The van der Waals surface area contributed by atoms with E-state index in [4.69, 9.17) is 11.6 Å². The summed E-state index contributed by atoms with van der Waals surface area (Å²) in [6.07, 6.45) is 0.672. The lowest BCUT2D eigenvalue weighted by Crippen LogP contribution is -2.47. The Morgan fingerprint density at radius 1 is 1.18 bits per heavy atom. The molecule has 0 radical (unpaired) electrons. The number of alkyl halides is 1. The molecule has 0 aliphatic carbocycles. The third-order valence-corrected chi connectivity index (χ3v) is 4.82. The van der Waals surface area contributed by atoms with Gasteiger partial charge < -0.3 is 0 Å². The molecule has 0 unspecified atom stereocenters. The largest absolute Gasteiger partial charge is 0.281 e. The van der Waals surface area contributed by atoms with Gasteiger partial charge in [-0.1, -0.05) is 13.8 Å². The molecule has 0 amide bonds. The lowest BCUT2D eigenvalue weighted by Gasteiger charge is -2.31. The highest BCUT2D eigenvalue weighted by Crippen LogP contribution is 2.14. The second-order valence-corrected chi connectivity index (χ2v) is 7.30. The van der Waals surface area contributed by atoms with Crippen molar-refractivity contribution in [2.45, 2.75) is 40.2 Å². The van der Waals surface area contributed by atoms with E-state index in [1.54, 1.807) is 11.4 Å². The Hall–Kier alpha value is 0.160. The van der Waals surface area contributed by atoms with Crippen LogP contribution >= 0.6 is 11.6 Å². The highest BCUT2D eigenvalue weighted by molar-refractivity contribution is 7.86. The second kappa shape index (κ2) is 7.56. The van der Waals surface area contributed by atoms with Gasteiger partial charge in [0.05, 0.1) is 0 Å². The molecule has 0 heterocycles. The van der Waals surface area contributed by atoms with Gasteiger partial charge in [0, 0.05) is 32.1 Å². The lowest BCUT2D eigenvalue weighted by molar-refractivity contribution is 0.292. The van der Waals surface area contributed by atoms with Gasteiger partial charge in [-0.2, -0.15) is 17.0 Å². The molecule has 0 aromatic rings. The van der Waals surface area contributed by atoms with Crippen LogP contribution in [-0.2, 0) is 10.2 Å². The molecule has 0 bridgehead atoms. The van der Waals surface area contributed by atoms with Crippen molar-refractivity contribution in [2.24, 2.45) is 5.92 Å². The van der Waals surface area contributed by atoms with E-state index in [1.807, 2.05) is 27.7 Å². The molecular weight excluding hydrogens is 260 g/mol. The first-order valence-electron chi connectivity index (χ1n) is 6.02. The first kappa shape index (κ1) is 17.2. The first-order chi connectivity index (χ1) is 7.73. The molecule has 0 aromatic carbocycles. The Morgan fingerprint density at radius 2 is 1.71 bits per heavy atom. The fourth-order valence-corrected chi connectivity index (χ4v) is 3.36. The van der Waals surface area contributed by atoms with Crippen LogP contribution in [0.2, 0.25) is 0 Å². The van der Waals surface area contributed by atoms with Crippen LogP contribution in [0.4, 0.5) is 0 Å². The molecule has 0 N–H and O–H groups in total. The van der Waals surface area contributed by atoms with E-state index in [0.717, 1.165) is 0 Å². The zero-order chi connectivity index (χ0) is 13.6. The van der Waals surface area contributed by atoms with Gasteiger partial charge in [-0.25, -0.2) is 0 Å². The second-order valence-electron chi connectivity index (χ2n) is 4.93. The summed E-state index contributed by atoms with van der Waals surface area (Å²) in [6.45, 7) is 8.84. The number of hydrogen-bond donors (Lipinski definition) is 0. The molecule has 0 aliphatic heterocycles. The van der Waals surface area contributed by atoms with Crippen LogP contribution in [0.1, 0.15) is 34.1 Å².